The number of para-hydroxylation sites is 2. The van der Waals surface area contributed by atoms with E-state index < -0.39 is 5.41 Å². The fourth-order valence-electron chi connectivity index (χ4n) is 5.18. The largest absolute Gasteiger partial charge is 0.355 e. The van der Waals surface area contributed by atoms with Crippen LogP contribution in [0.5, 0.6) is 0 Å². The number of carbonyl (C=O) groups excluding carboxylic acids is 1. The standard InChI is InChI=1S/C29H31N3OS/c1-2-19-30-27(33)29(23-14-6-4-12-21(23)22-13-5-7-15-24(22)29)18-10-3-11-20-34-28-31-25-16-8-9-17-26(25)32-28/h4-9,12-17H,2-3,10-11,18-20H2,1H3,(H,30,33)(H,31,32). The molecule has 3 aromatic carbocycles. The molecule has 5 rings (SSSR count). The Morgan fingerprint density at radius 2 is 1.59 bits per heavy atom. The molecule has 2 N–H and O–H groups in total. The van der Waals surface area contributed by atoms with Gasteiger partial charge in [-0.25, -0.2) is 4.98 Å². The van der Waals surface area contributed by atoms with E-state index >= 15 is 0 Å². The predicted molar refractivity (Wildman–Crippen MR) is 141 cm³/mol. The van der Waals surface area contributed by atoms with Crippen molar-refractivity contribution in [1.82, 2.24) is 15.3 Å². The number of imidazole rings is 1. The Hall–Kier alpha value is -3.05. The highest BCUT2D eigenvalue weighted by Gasteiger charge is 2.48. The summed E-state index contributed by atoms with van der Waals surface area (Å²) in [6.45, 7) is 2.81. The van der Waals surface area contributed by atoms with Gasteiger partial charge >= 0.3 is 0 Å². The van der Waals surface area contributed by atoms with E-state index in [0.717, 1.165) is 65.2 Å². The maximum absolute atomic E-state index is 13.7. The van der Waals surface area contributed by atoms with Gasteiger partial charge in [0.15, 0.2) is 5.16 Å². The Bertz CT molecular complexity index is 1220. The minimum Gasteiger partial charge on any atom is -0.355 e. The van der Waals surface area contributed by atoms with Crippen LogP contribution < -0.4 is 5.32 Å². The number of hydrogen-bond acceptors (Lipinski definition) is 3. The quantitative estimate of drug-likeness (QED) is 0.200. The molecule has 4 aromatic rings. The molecular formula is C29H31N3OS. The summed E-state index contributed by atoms with van der Waals surface area (Å²) >= 11 is 1.78. The van der Waals surface area contributed by atoms with Crippen molar-refractivity contribution in [2.75, 3.05) is 12.3 Å². The fraction of sp³-hybridized carbons (Fsp3) is 0.310. The Labute approximate surface area is 205 Å². The molecule has 0 atom stereocenters. The number of aromatic amines is 1. The lowest BCUT2D eigenvalue weighted by molar-refractivity contribution is -0.125. The zero-order valence-corrected chi connectivity index (χ0v) is 20.5. The van der Waals surface area contributed by atoms with Crippen LogP contribution in [0.4, 0.5) is 0 Å². The predicted octanol–water partition coefficient (Wildman–Crippen LogP) is 6.71. The number of carbonyl (C=O) groups is 1. The first kappa shape index (κ1) is 22.7. The van der Waals surface area contributed by atoms with E-state index in [0.29, 0.717) is 6.54 Å². The second-order valence-corrected chi connectivity index (χ2v) is 10.1. The Balaban J connectivity index is 1.28. The number of amides is 1. The summed E-state index contributed by atoms with van der Waals surface area (Å²) in [7, 11) is 0. The molecule has 1 aliphatic rings. The summed E-state index contributed by atoms with van der Waals surface area (Å²) in [5, 5.41) is 4.21. The Kier molecular flexibility index (Phi) is 6.73. The van der Waals surface area contributed by atoms with E-state index in [4.69, 9.17) is 0 Å². The minimum absolute atomic E-state index is 0.142. The average Bonchev–Trinajstić information content (AvgIpc) is 3.42. The Morgan fingerprint density at radius 3 is 2.29 bits per heavy atom. The smallest absolute Gasteiger partial charge is 0.235 e. The zero-order chi connectivity index (χ0) is 23.4. The maximum atomic E-state index is 13.7. The monoisotopic (exact) mass is 469 g/mol. The van der Waals surface area contributed by atoms with Crippen LogP contribution in [0.1, 0.15) is 50.2 Å². The number of H-pyrrole nitrogens is 1. The first-order chi connectivity index (χ1) is 16.7. The van der Waals surface area contributed by atoms with Crippen molar-refractivity contribution in [2.45, 2.75) is 49.6 Å². The van der Waals surface area contributed by atoms with Crippen LogP contribution in [0.3, 0.4) is 0 Å². The molecular weight excluding hydrogens is 438 g/mol. The molecule has 0 aliphatic heterocycles. The van der Waals surface area contributed by atoms with Gasteiger partial charge in [-0.05, 0) is 53.6 Å². The number of aromatic nitrogens is 2. The number of unbranched alkanes of at least 4 members (excludes halogenated alkanes) is 2. The molecule has 0 spiro atoms. The van der Waals surface area contributed by atoms with E-state index in [1.807, 2.05) is 18.2 Å². The molecule has 0 unspecified atom stereocenters. The van der Waals surface area contributed by atoms with Crippen LogP contribution in [0.15, 0.2) is 78.0 Å². The first-order valence-corrected chi connectivity index (χ1v) is 13.3. The van der Waals surface area contributed by atoms with Crippen LogP contribution >= 0.6 is 11.8 Å². The molecule has 0 saturated carbocycles. The molecule has 0 saturated heterocycles. The van der Waals surface area contributed by atoms with Crippen molar-refractivity contribution in [3.63, 3.8) is 0 Å². The topological polar surface area (TPSA) is 57.8 Å². The van der Waals surface area contributed by atoms with Gasteiger partial charge in [0.25, 0.3) is 0 Å². The van der Waals surface area contributed by atoms with E-state index in [1.165, 1.54) is 11.1 Å². The van der Waals surface area contributed by atoms with Gasteiger partial charge in [-0.2, -0.15) is 0 Å². The van der Waals surface area contributed by atoms with Crippen molar-refractivity contribution >= 4 is 28.7 Å². The Morgan fingerprint density at radius 1 is 0.912 bits per heavy atom. The molecule has 0 bridgehead atoms. The zero-order valence-electron chi connectivity index (χ0n) is 19.6. The van der Waals surface area contributed by atoms with Gasteiger partial charge in [0.1, 0.15) is 5.41 Å². The van der Waals surface area contributed by atoms with Crippen molar-refractivity contribution in [1.29, 1.82) is 0 Å². The molecule has 1 heterocycles. The number of hydrogen-bond donors (Lipinski definition) is 2. The van der Waals surface area contributed by atoms with Gasteiger partial charge in [-0.3, -0.25) is 4.79 Å². The fourth-order valence-corrected chi connectivity index (χ4v) is 6.06. The highest BCUT2D eigenvalue weighted by molar-refractivity contribution is 7.99. The van der Waals surface area contributed by atoms with E-state index in [2.05, 4.69) is 76.8 Å². The second-order valence-electron chi connectivity index (χ2n) is 8.97. The third-order valence-corrected chi connectivity index (χ3v) is 7.75. The van der Waals surface area contributed by atoms with Crippen molar-refractivity contribution in [3.8, 4) is 11.1 Å². The van der Waals surface area contributed by atoms with Gasteiger partial charge in [-0.15, -0.1) is 0 Å². The summed E-state index contributed by atoms with van der Waals surface area (Å²) in [4.78, 5) is 21.8. The normalized spacial score (nSPS) is 13.6. The lowest BCUT2D eigenvalue weighted by Crippen LogP contribution is -2.44. The van der Waals surface area contributed by atoms with Crippen LogP contribution in [-0.2, 0) is 10.2 Å². The van der Waals surface area contributed by atoms with Crippen molar-refractivity contribution < 1.29 is 4.79 Å². The van der Waals surface area contributed by atoms with Crippen LogP contribution in [0, 0.1) is 0 Å². The lowest BCUT2D eigenvalue weighted by atomic mass is 9.73. The molecule has 0 radical (unpaired) electrons. The highest BCUT2D eigenvalue weighted by atomic mass is 32.2. The highest BCUT2D eigenvalue weighted by Crippen LogP contribution is 2.51. The second kappa shape index (κ2) is 10.1. The average molecular weight is 470 g/mol. The number of thioether (sulfide) groups is 1. The number of benzene rings is 3. The number of fused-ring (bicyclic) bond motifs is 4. The third-order valence-electron chi connectivity index (χ3n) is 6.79. The molecule has 1 amide bonds. The number of nitrogens with one attached hydrogen (secondary N) is 2. The van der Waals surface area contributed by atoms with E-state index in [1.54, 1.807) is 11.8 Å². The molecule has 34 heavy (non-hydrogen) atoms. The van der Waals surface area contributed by atoms with Crippen molar-refractivity contribution in [3.05, 3.63) is 83.9 Å². The lowest BCUT2D eigenvalue weighted by Gasteiger charge is -2.31. The van der Waals surface area contributed by atoms with Gasteiger partial charge in [0.2, 0.25) is 5.91 Å². The van der Waals surface area contributed by atoms with E-state index in [9.17, 15) is 4.79 Å². The molecule has 174 valence electrons. The number of nitrogens with zero attached hydrogens (tertiary/aromatic N) is 1. The maximum Gasteiger partial charge on any atom is 0.235 e. The summed E-state index contributed by atoms with van der Waals surface area (Å²) < 4.78 is 0. The van der Waals surface area contributed by atoms with Gasteiger partial charge in [0, 0.05) is 12.3 Å². The SMILES string of the molecule is CCCNC(=O)C1(CCCCCSc2nc3ccccc3[nH]2)c2ccccc2-c2ccccc21. The van der Waals surface area contributed by atoms with Gasteiger partial charge in [0.05, 0.1) is 11.0 Å². The van der Waals surface area contributed by atoms with Crippen LogP contribution in [-0.4, -0.2) is 28.2 Å². The van der Waals surface area contributed by atoms with E-state index in [-0.39, 0.29) is 5.91 Å². The van der Waals surface area contributed by atoms with Gasteiger partial charge in [-0.1, -0.05) is 92.2 Å². The molecule has 1 aliphatic carbocycles. The minimum atomic E-state index is -0.603. The summed E-state index contributed by atoms with van der Waals surface area (Å²) in [5.41, 5.74) is 6.21. The molecule has 0 fully saturated rings. The summed E-state index contributed by atoms with van der Waals surface area (Å²) in [6.07, 6.45) is 4.94. The van der Waals surface area contributed by atoms with Gasteiger partial charge < -0.3 is 10.3 Å². The van der Waals surface area contributed by atoms with Crippen molar-refractivity contribution in [2.24, 2.45) is 0 Å². The first-order valence-electron chi connectivity index (χ1n) is 12.3. The van der Waals surface area contributed by atoms with Crippen LogP contribution in [0.2, 0.25) is 0 Å². The molecule has 5 heteroatoms. The van der Waals surface area contributed by atoms with Crippen LogP contribution in [0.25, 0.3) is 22.2 Å². The molecule has 1 aromatic heterocycles. The summed E-state index contributed by atoms with van der Waals surface area (Å²) in [6, 6.07) is 25.0. The number of rotatable bonds is 10. The molecule has 4 nitrogen and oxygen atoms in total. The third kappa shape index (κ3) is 4.14. The summed E-state index contributed by atoms with van der Waals surface area (Å²) in [5.74, 6) is 1.16.